The Hall–Kier alpha value is -0.380. The number of aliphatic hydroxyl groups is 2. The first kappa shape index (κ1) is 29.6. The molecule has 0 amide bonds. The van der Waals surface area contributed by atoms with E-state index in [2.05, 4.69) is 26.1 Å². The SMILES string of the molecule is CCCCCCCC/C=C/CCCCCCCCCCCC[N+](C)(CCO)CCO. The summed E-state index contributed by atoms with van der Waals surface area (Å²) in [4.78, 5) is 0. The largest absolute Gasteiger partial charge is 0.391 e. The lowest BCUT2D eigenvalue weighted by molar-refractivity contribution is -0.910. The highest BCUT2D eigenvalue weighted by Gasteiger charge is 2.19. The Bertz CT molecular complexity index is 351. The normalized spacial score (nSPS) is 12.3. The van der Waals surface area contributed by atoms with Gasteiger partial charge in [0.25, 0.3) is 0 Å². The van der Waals surface area contributed by atoms with Crippen molar-refractivity contribution in [2.24, 2.45) is 0 Å². The standard InChI is InChI=1S/C27H56NO2/c1-3-4-5-6-7-8-9-10-11-12-13-14-15-16-17-18-19-20-21-22-23-28(2,24-26-29)25-27-30/h10-11,29-30H,3-9,12-27H2,1-2H3/q+1/b11-10+. The lowest BCUT2D eigenvalue weighted by Gasteiger charge is -2.33. The van der Waals surface area contributed by atoms with Crippen LogP contribution in [0.2, 0.25) is 0 Å². The summed E-state index contributed by atoms with van der Waals surface area (Å²) in [5.41, 5.74) is 0. The third-order valence-electron chi connectivity index (χ3n) is 6.49. The van der Waals surface area contributed by atoms with E-state index < -0.39 is 0 Å². The van der Waals surface area contributed by atoms with E-state index in [1.54, 1.807) is 0 Å². The average Bonchev–Trinajstić information content (AvgIpc) is 2.72. The predicted molar refractivity (Wildman–Crippen MR) is 133 cm³/mol. The molecule has 0 unspecified atom stereocenters. The van der Waals surface area contributed by atoms with Crippen LogP contribution in [0.3, 0.4) is 0 Å². The topological polar surface area (TPSA) is 40.5 Å². The molecule has 0 bridgehead atoms. The maximum Gasteiger partial charge on any atom is 0.102 e. The maximum absolute atomic E-state index is 9.19. The monoisotopic (exact) mass is 426 g/mol. The minimum atomic E-state index is 0.214. The van der Waals surface area contributed by atoms with E-state index in [1.165, 1.54) is 116 Å². The summed E-state index contributed by atoms with van der Waals surface area (Å²) in [5.74, 6) is 0. The number of unbranched alkanes of at least 4 members (excludes halogenated alkanes) is 16. The van der Waals surface area contributed by atoms with Gasteiger partial charge in [-0.1, -0.05) is 96.1 Å². The van der Waals surface area contributed by atoms with Crippen LogP contribution < -0.4 is 0 Å². The van der Waals surface area contributed by atoms with Crippen molar-refractivity contribution in [1.82, 2.24) is 0 Å². The quantitative estimate of drug-likeness (QED) is 0.0989. The Morgan fingerprint density at radius 1 is 0.500 bits per heavy atom. The van der Waals surface area contributed by atoms with Crippen LogP contribution in [-0.4, -0.2) is 54.6 Å². The fourth-order valence-electron chi connectivity index (χ4n) is 4.27. The van der Waals surface area contributed by atoms with Crippen molar-refractivity contribution in [3.8, 4) is 0 Å². The zero-order chi connectivity index (χ0) is 22.2. The van der Waals surface area contributed by atoms with Gasteiger partial charge in [0.1, 0.15) is 13.1 Å². The first-order chi connectivity index (χ1) is 14.7. The smallest absolute Gasteiger partial charge is 0.102 e. The summed E-state index contributed by atoms with van der Waals surface area (Å²) < 4.78 is 0.807. The molecule has 0 atom stereocenters. The zero-order valence-electron chi connectivity index (χ0n) is 20.8. The van der Waals surface area contributed by atoms with Crippen LogP contribution in [0, 0.1) is 0 Å². The van der Waals surface area contributed by atoms with E-state index in [9.17, 15) is 10.2 Å². The van der Waals surface area contributed by atoms with Crippen LogP contribution in [0.5, 0.6) is 0 Å². The third-order valence-corrected chi connectivity index (χ3v) is 6.49. The second kappa shape index (κ2) is 23.3. The molecule has 0 heterocycles. The van der Waals surface area contributed by atoms with Crippen molar-refractivity contribution in [2.45, 2.75) is 122 Å². The molecule has 0 saturated heterocycles. The van der Waals surface area contributed by atoms with Crippen molar-refractivity contribution >= 4 is 0 Å². The summed E-state index contributed by atoms with van der Waals surface area (Å²) in [6.45, 7) is 5.31. The molecule has 2 N–H and O–H groups in total. The maximum atomic E-state index is 9.19. The van der Waals surface area contributed by atoms with Crippen molar-refractivity contribution < 1.29 is 14.7 Å². The molecule has 30 heavy (non-hydrogen) atoms. The van der Waals surface area contributed by atoms with Gasteiger partial charge in [-0.3, -0.25) is 0 Å². The van der Waals surface area contributed by atoms with Crippen LogP contribution in [0.25, 0.3) is 0 Å². The van der Waals surface area contributed by atoms with Gasteiger partial charge >= 0.3 is 0 Å². The van der Waals surface area contributed by atoms with Gasteiger partial charge < -0.3 is 14.7 Å². The van der Waals surface area contributed by atoms with E-state index in [-0.39, 0.29) is 13.2 Å². The molecule has 0 rings (SSSR count). The number of rotatable bonds is 24. The molecule has 0 aliphatic carbocycles. The molecule has 0 aromatic rings. The number of aliphatic hydroxyl groups excluding tert-OH is 2. The summed E-state index contributed by atoms with van der Waals surface area (Å²) in [5, 5.41) is 18.4. The van der Waals surface area contributed by atoms with E-state index in [0.29, 0.717) is 0 Å². The molecule has 3 heteroatoms. The Morgan fingerprint density at radius 2 is 0.867 bits per heavy atom. The third kappa shape index (κ3) is 20.9. The molecular weight excluding hydrogens is 370 g/mol. The van der Waals surface area contributed by atoms with Crippen LogP contribution in [0.15, 0.2) is 12.2 Å². The highest BCUT2D eigenvalue weighted by molar-refractivity contribution is 4.81. The molecule has 180 valence electrons. The number of allylic oxidation sites excluding steroid dienone is 2. The van der Waals surface area contributed by atoms with E-state index in [1.807, 2.05) is 0 Å². The molecule has 0 fully saturated rings. The first-order valence-corrected chi connectivity index (χ1v) is 13.4. The van der Waals surface area contributed by atoms with Crippen molar-refractivity contribution in [2.75, 3.05) is 39.9 Å². The highest BCUT2D eigenvalue weighted by atomic mass is 16.3. The first-order valence-electron chi connectivity index (χ1n) is 13.4. The van der Waals surface area contributed by atoms with Gasteiger partial charge in [-0.25, -0.2) is 0 Å². The lowest BCUT2D eigenvalue weighted by atomic mass is 10.1. The van der Waals surface area contributed by atoms with Gasteiger partial charge in [0, 0.05) is 0 Å². The minimum Gasteiger partial charge on any atom is -0.391 e. The molecular formula is C27H56NO2+. The van der Waals surface area contributed by atoms with Crippen LogP contribution in [0.4, 0.5) is 0 Å². The second-order valence-electron chi connectivity index (χ2n) is 9.59. The van der Waals surface area contributed by atoms with E-state index in [4.69, 9.17) is 0 Å². The Labute approximate surface area is 189 Å². The molecule has 0 saturated carbocycles. The number of quaternary nitrogens is 1. The van der Waals surface area contributed by atoms with Crippen molar-refractivity contribution in [3.05, 3.63) is 12.2 Å². The zero-order valence-corrected chi connectivity index (χ0v) is 20.8. The molecule has 0 aliphatic rings. The molecule has 0 radical (unpaired) electrons. The Morgan fingerprint density at radius 3 is 1.27 bits per heavy atom. The summed E-state index contributed by atoms with van der Waals surface area (Å²) in [6, 6.07) is 0. The Kier molecular flexibility index (Phi) is 23.0. The van der Waals surface area contributed by atoms with Gasteiger partial charge in [-0.15, -0.1) is 0 Å². The van der Waals surface area contributed by atoms with Gasteiger partial charge in [-0.05, 0) is 38.5 Å². The van der Waals surface area contributed by atoms with Gasteiger partial charge in [-0.2, -0.15) is 0 Å². The van der Waals surface area contributed by atoms with Crippen LogP contribution >= 0.6 is 0 Å². The van der Waals surface area contributed by atoms with Crippen LogP contribution in [-0.2, 0) is 0 Å². The molecule has 3 nitrogen and oxygen atoms in total. The average molecular weight is 427 g/mol. The Balaban J connectivity index is 3.28. The number of hydrogen-bond acceptors (Lipinski definition) is 2. The second-order valence-corrected chi connectivity index (χ2v) is 9.59. The molecule has 0 aromatic carbocycles. The van der Waals surface area contributed by atoms with Gasteiger partial charge in [0.05, 0.1) is 26.8 Å². The molecule has 0 aliphatic heterocycles. The van der Waals surface area contributed by atoms with Crippen molar-refractivity contribution in [1.29, 1.82) is 0 Å². The number of nitrogens with zero attached hydrogens (tertiary/aromatic N) is 1. The van der Waals surface area contributed by atoms with Gasteiger partial charge in [0.15, 0.2) is 0 Å². The summed E-state index contributed by atoms with van der Waals surface area (Å²) in [7, 11) is 2.15. The van der Waals surface area contributed by atoms with E-state index in [0.717, 1.165) is 24.1 Å². The van der Waals surface area contributed by atoms with E-state index >= 15 is 0 Å². The number of likely N-dealkylation sites (N-methyl/N-ethyl adjacent to an activating group) is 1. The molecule has 0 aromatic heterocycles. The minimum absolute atomic E-state index is 0.214. The predicted octanol–water partition coefficient (Wildman–Crippen LogP) is 7.02. The van der Waals surface area contributed by atoms with Crippen molar-refractivity contribution in [3.63, 3.8) is 0 Å². The lowest BCUT2D eigenvalue weighted by Crippen LogP contribution is -2.48. The number of hydrogen-bond donors (Lipinski definition) is 2. The molecule has 0 spiro atoms. The van der Waals surface area contributed by atoms with Gasteiger partial charge in [0.2, 0.25) is 0 Å². The highest BCUT2D eigenvalue weighted by Crippen LogP contribution is 2.13. The summed E-state index contributed by atoms with van der Waals surface area (Å²) in [6.07, 6.45) is 29.3. The fourth-order valence-corrected chi connectivity index (χ4v) is 4.27. The fraction of sp³-hybridized carbons (Fsp3) is 0.926. The summed E-state index contributed by atoms with van der Waals surface area (Å²) >= 11 is 0. The van der Waals surface area contributed by atoms with Crippen LogP contribution in [0.1, 0.15) is 122 Å².